The van der Waals surface area contributed by atoms with Gasteiger partial charge in [-0.25, -0.2) is 0 Å². The molecule has 0 aliphatic heterocycles. The van der Waals surface area contributed by atoms with Crippen molar-refractivity contribution >= 4 is 41.6 Å². The van der Waals surface area contributed by atoms with Gasteiger partial charge < -0.3 is 15.0 Å². The highest BCUT2D eigenvalue weighted by Crippen LogP contribution is 2.28. The molecule has 0 unspecified atom stereocenters. The van der Waals surface area contributed by atoms with Crippen molar-refractivity contribution in [2.24, 2.45) is 0 Å². The summed E-state index contributed by atoms with van der Waals surface area (Å²) in [6.45, 7) is 2.00. The second-order valence-corrected chi connectivity index (χ2v) is 3.28. The number of rotatable bonds is 0. The van der Waals surface area contributed by atoms with Crippen molar-refractivity contribution in [1.29, 1.82) is 0 Å². The first-order chi connectivity index (χ1) is 3.94. The molecule has 3 nitrogen and oxygen atoms in total. The third kappa shape index (κ3) is 8.46. The molecule has 0 aliphatic rings. The topological polar surface area (TPSA) is 57.5 Å². The van der Waals surface area contributed by atoms with E-state index in [2.05, 4.69) is 0 Å². The van der Waals surface area contributed by atoms with Crippen molar-refractivity contribution in [1.82, 2.24) is 0 Å². The summed E-state index contributed by atoms with van der Waals surface area (Å²) < 4.78 is -1.97. The zero-order chi connectivity index (χ0) is 8.08. The summed E-state index contributed by atoms with van der Waals surface area (Å²) in [4.78, 5) is 8.00. The Labute approximate surface area is 67.1 Å². The summed E-state index contributed by atoms with van der Waals surface area (Å²) in [6, 6.07) is 0. The fourth-order valence-electron chi connectivity index (χ4n) is 0. The quantitative estimate of drug-likeness (QED) is 0.437. The predicted octanol–water partition coefficient (Wildman–Crippen LogP) is 0.482. The van der Waals surface area contributed by atoms with Crippen LogP contribution < -0.4 is 0 Å². The molecule has 2 N–H and O–H groups in total. The summed E-state index contributed by atoms with van der Waals surface area (Å²) in [5.74, 6) is 0. The van der Waals surface area contributed by atoms with E-state index in [0.29, 0.717) is 0 Å². The number of hydrogen-bond acceptors (Lipinski definition) is 3. The summed E-state index contributed by atoms with van der Waals surface area (Å²) >= 11 is 14.7. The van der Waals surface area contributed by atoms with E-state index in [1.54, 1.807) is 0 Å². The number of carbonyl (C=O) groups excluding carboxylic acids is 1. The lowest BCUT2D eigenvalue weighted by atomic mass is 10.8. The Morgan fingerprint density at radius 2 is 1.33 bits per heavy atom. The number of aliphatic hydroxyl groups excluding tert-OH is 1. The number of alkyl halides is 3. The highest BCUT2D eigenvalue weighted by Gasteiger charge is 2.28. The fourth-order valence-corrected chi connectivity index (χ4v) is 0. The highest BCUT2D eigenvalue weighted by molar-refractivity contribution is 6.67. The van der Waals surface area contributed by atoms with E-state index in [9.17, 15) is 0 Å². The molecule has 0 rings (SSSR count). The van der Waals surface area contributed by atoms with Crippen LogP contribution in [0.3, 0.4) is 0 Å². The number of hydrogen-bond donors (Lipinski definition) is 2. The van der Waals surface area contributed by atoms with Gasteiger partial charge in [0.1, 0.15) is 6.79 Å². The molecule has 0 aromatic heterocycles. The molecule has 0 amide bonds. The molecule has 0 spiro atoms. The third-order valence-electron chi connectivity index (χ3n) is 0.293. The minimum atomic E-state index is -1.97. The average Bonchev–Trinajstić information content (AvgIpc) is 1.69. The molecular weight excluding hydrogens is 190 g/mol. The first-order valence-corrected chi connectivity index (χ1v) is 2.79. The van der Waals surface area contributed by atoms with Gasteiger partial charge in [-0.2, -0.15) is 0 Å². The Hall–Kier alpha value is 0.460. The standard InChI is InChI=1S/C2H3Cl3O2.CH2O/c3-2(4,5)1(6)7;1-2/h1,6-7H;1H2. The zero-order valence-electron chi connectivity index (χ0n) is 4.22. The van der Waals surface area contributed by atoms with Crippen molar-refractivity contribution < 1.29 is 15.0 Å². The maximum absolute atomic E-state index is 8.05. The molecule has 0 aliphatic carbocycles. The van der Waals surface area contributed by atoms with Crippen LogP contribution in [0, 0.1) is 0 Å². The molecule has 0 bridgehead atoms. The Balaban J connectivity index is 0. The molecule has 9 heavy (non-hydrogen) atoms. The lowest BCUT2D eigenvalue weighted by molar-refractivity contribution is -0.0980. The van der Waals surface area contributed by atoms with E-state index in [-0.39, 0.29) is 0 Å². The molecule has 0 aromatic carbocycles. The van der Waals surface area contributed by atoms with Crippen LogP contribution in [0.4, 0.5) is 0 Å². The zero-order valence-corrected chi connectivity index (χ0v) is 6.49. The Morgan fingerprint density at radius 3 is 1.33 bits per heavy atom. The average molecular weight is 195 g/mol. The van der Waals surface area contributed by atoms with Gasteiger partial charge in [0.05, 0.1) is 0 Å². The van der Waals surface area contributed by atoms with Gasteiger partial charge in [-0.3, -0.25) is 0 Å². The molecule has 6 heteroatoms. The first kappa shape index (κ1) is 12.2. The number of aliphatic hydroxyl groups is 2. The molecular formula is C3H5Cl3O3. The van der Waals surface area contributed by atoms with Gasteiger partial charge in [-0.1, -0.05) is 34.8 Å². The van der Waals surface area contributed by atoms with Crippen LogP contribution in [-0.2, 0) is 4.79 Å². The molecule has 0 fully saturated rings. The Bertz CT molecular complexity index is 69.2. The number of carbonyl (C=O) groups is 1. The van der Waals surface area contributed by atoms with Crippen LogP contribution >= 0.6 is 34.8 Å². The molecule has 0 saturated carbocycles. The van der Waals surface area contributed by atoms with Crippen LogP contribution in [0.5, 0.6) is 0 Å². The minimum Gasteiger partial charge on any atom is -0.365 e. The van der Waals surface area contributed by atoms with Crippen LogP contribution in [0.15, 0.2) is 0 Å². The highest BCUT2D eigenvalue weighted by atomic mass is 35.6. The van der Waals surface area contributed by atoms with Gasteiger partial charge in [0.2, 0.25) is 3.79 Å². The van der Waals surface area contributed by atoms with Crippen molar-refractivity contribution in [2.45, 2.75) is 10.1 Å². The van der Waals surface area contributed by atoms with Crippen molar-refractivity contribution in [2.75, 3.05) is 0 Å². The van der Waals surface area contributed by atoms with E-state index in [1.165, 1.54) is 0 Å². The third-order valence-corrected chi connectivity index (χ3v) is 0.878. The second-order valence-electron chi connectivity index (χ2n) is 0.915. The maximum Gasteiger partial charge on any atom is 0.240 e. The van der Waals surface area contributed by atoms with Crippen molar-refractivity contribution in [3.8, 4) is 0 Å². The molecule has 0 aromatic rings. The van der Waals surface area contributed by atoms with E-state index in [4.69, 9.17) is 49.8 Å². The predicted molar refractivity (Wildman–Crippen MR) is 35.6 cm³/mol. The van der Waals surface area contributed by atoms with Crippen molar-refractivity contribution in [3.63, 3.8) is 0 Å². The summed E-state index contributed by atoms with van der Waals surface area (Å²) in [7, 11) is 0. The van der Waals surface area contributed by atoms with E-state index in [0.717, 1.165) is 0 Å². The van der Waals surface area contributed by atoms with E-state index < -0.39 is 10.1 Å². The Morgan fingerprint density at radius 1 is 1.22 bits per heavy atom. The monoisotopic (exact) mass is 194 g/mol. The normalized spacial score (nSPS) is 10.4. The smallest absolute Gasteiger partial charge is 0.240 e. The molecule has 56 valence electrons. The van der Waals surface area contributed by atoms with Crippen molar-refractivity contribution in [3.05, 3.63) is 0 Å². The minimum absolute atomic E-state index is 1.91. The van der Waals surface area contributed by atoms with Gasteiger partial charge >= 0.3 is 0 Å². The van der Waals surface area contributed by atoms with Crippen LogP contribution in [0.2, 0.25) is 0 Å². The lowest BCUT2D eigenvalue weighted by Gasteiger charge is -2.10. The second kappa shape index (κ2) is 5.26. The van der Waals surface area contributed by atoms with Crippen LogP contribution in [0.25, 0.3) is 0 Å². The maximum atomic E-state index is 8.05. The summed E-state index contributed by atoms with van der Waals surface area (Å²) in [5.41, 5.74) is 0. The summed E-state index contributed by atoms with van der Waals surface area (Å²) in [6.07, 6.45) is -1.91. The van der Waals surface area contributed by atoms with Gasteiger partial charge in [0.15, 0.2) is 6.29 Å². The van der Waals surface area contributed by atoms with E-state index >= 15 is 0 Å². The summed E-state index contributed by atoms with van der Waals surface area (Å²) in [5, 5.41) is 16.1. The SMILES string of the molecule is C=O.OC(O)C(Cl)(Cl)Cl. The number of halogens is 3. The van der Waals surface area contributed by atoms with Gasteiger partial charge in [0, 0.05) is 0 Å². The van der Waals surface area contributed by atoms with Crippen LogP contribution in [-0.4, -0.2) is 27.1 Å². The van der Waals surface area contributed by atoms with E-state index in [1.807, 2.05) is 6.79 Å². The first-order valence-electron chi connectivity index (χ1n) is 1.66. The van der Waals surface area contributed by atoms with Gasteiger partial charge in [-0.05, 0) is 0 Å². The van der Waals surface area contributed by atoms with Gasteiger partial charge in [0.25, 0.3) is 0 Å². The molecule has 0 heterocycles. The lowest BCUT2D eigenvalue weighted by Crippen LogP contribution is -2.23. The molecule has 0 saturated heterocycles. The van der Waals surface area contributed by atoms with Crippen LogP contribution in [0.1, 0.15) is 0 Å². The molecule has 0 atom stereocenters. The Kier molecular flexibility index (Phi) is 7.11. The fraction of sp³-hybridized carbons (Fsp3) is 0.667. The van der Waals surface area contributed by atoms with Gasteiger partial charge in [-0.15, -0.1) is 0 Å². The molecule has 0 radical (unpaired) electrons. The largest absolute Gasteiger partial charge is 0.365 e.